The number of amides is 2. The van der Waals surface area contributed by atoms with Crippen LogP contribution in [0, 0.1) is 11.8 Å². The van der Waals surface area contributed by atoms with Crippen molar-refractivity contribution >= 4 is 23.5 Å². The number of carbonyl (C=O) groups is 3. The number of rotatable bonds is 4. The van der Waals surface area contributed by atoms with Gasteiger partial charge in [0, 0.05) is 11.5 Å². The summed E-state index contributed by atoms with van der Waals surface area (Å²) in [6, 6.07) is 18.3. The van der Waals surface area contributed by atoms with E-state index in [0.717, 1.165) is 5.56 Å². The van der Waals surface area contributed by atoms with Crippen LogP contribution in [-0.4, -0.2) is 24.4 Å². The number of esters is 1. The molecule has 136 valence electrons. The third-order valence-corrected chi connectivity index (χ3v) is 5.14. The maximum absolute atomic E-state index is 13.2. The summed E-state index contributed by atoms with van der Waals surface area (Å²) in [6.45, 7) is 1.98. The average Bonchev–Trinajstić information content (AvgIpc) is 3.20. The van der Waals surface area contributed by atoms with Crippen molar-refractivity contribution in [3.05, 3.63) is 77.9 Å². The van der Waals surface area contributed by atoms with Crippen molar-refractivity contribution in [2.24, 2.45) is 11.8 Å². The molecule has 1 aliphatic heterocycles. The molecular weight excluding hydrogens is 342 g/mol. The van der Waals surface area contributed by atoms with Crippen LogP contribution in [0.5, 0.6) is 0 Å². The fourth-order valence-electron chi connectivity index (χ4n) is 4.02. The molecule has 0 radical (unpaired) electrons. The second kappa shape index (κ2) is 6.83. The first-order valence-corrected chi connectivity index (χ1v) is 9.00. The van der Waals surface area contributed by atoms with Crippen LogP contribution in [-0.2, 0) is 19.1 Å². The Morgan fingerprint density at radius 1 is 0.963 bits per heavy atom. The van der Waals surface area contributed by atoms with E-state index in [-0.39, 0.29) is 18.4 Å². The molecule has 0 spiro atoms. The third-order valence-electron chi connectivity index (χ3n) is 5.14. The molecule has 2 aromatic carbocycles. The predicted octanol–water partition coefficient (Wildman–Crippen LogP) is 3.08. The summed E-state index contributed by atoms with van der Waals surface area (Å²) in [6.07, 6.45) is 1.63. The van der Waals surface area contributed by atoms with Crippen LogP contribution in [0.3, 0.4) is 0 Å². The van der Waals surface area contributed by atoms with Crippen molar-refractivity contribution in [3.8, 4) is 0 Å². The van der Waals surface area contributed by atoms with E-state index >= 15 is 0 Å². The fourth-order valence-corrected chi connectivity index (χ4v) is 4.02. The lowest BCUT2D eigenvalue weighted by Crippen LogP contribution is -2.33. The molecular formula is C22H19NO4. The van der Waals surface area contributed by atoms with E-state index in [1.54, 1.807) is 37.3 Å². The molecule has 2 amide bonds. The van der Waals surface area contributed by atoms with E-state index in [4.69, 9.17) is 4.74 Å². The molecule has 3 atom stereocenters. The van der Waals surface area contributed by atoms with Crippen molar-refractivity contribution in [2.75, 3.05) is 11.5 Å². The number of hydrogen-bond donors (Lipinski definition) is 0. The number of anilines is 1. The first kappa shape index (κ1) is 17.2. The van der Waals surface area contributed by atoms with Gasteiger partial charge in [0.2, 0.25) is 11.8 Å². The molecule has 1 aliphatic carbocycles. The van der Waals surface area contributed by atoms with Gasteiger partial charge >= 0.3 is 5.97 Å². The summed E-state index contributed by atoms with van der Waals surface area (Å²) in [5, 5.41) is 0. The number of hydrogen-bond acceptors (Lipinski definition) is 4. The van der Waals surface area contributed by atoms with Crippen LogP contribution in [0.4, 0.5) is 5.69 Å². The first-order valence-electron chi connectivity index (χ1n) is 9.00. The van der Waals surface area contributed by atoms with Gasteiger partial charge in [0.25, 0.3) is 0 Å². The van der Waals surface area contributed by atoms with Crippen molar-refractivity contribution in [1.82, 2.24) is 0 Å². The maximum atomic E-state index is 13.2. The lowest BCUT2D eigenvalue weighted by molar-refractivity contribution is -0.138. The molecule has 1 fully saturated rings. The number of nitrogens with zero attached hydrogens (tertiary/aromatic N) is 1. The topological polar surface area (TPSA) is 63.7 Å². The van der Waals surface area contributed by atoms with E-state index < -0.39 is 23.7 Å². The summed E-state index contributed by atoms with van der Waals surface area (Å²) in [5.41, 5.74) is 1.78. The second-order valence-corrected chi connectivity index (χ2v) is 6.63. The first-order chi connectivity index (χ1) is 13.1. The van der Waals surface area contributed by atoms with Crippen LogP contribution < -0.4 is 4.90 Å². The summed E-state index contributed by atoms with van der Waals surface area (Å²) in [7, 11) is 0. The quantitative estimate of drug-likeness (QED) is 0.620. The fraction of sp³-hybridized carbons (Fsp3) is 0.227. The number of ether oxygens (including phenoxy) is 1. The molecule has 0 bridgehead atoms. The predicted molar refractivity (Wildman–Crippen MR) is 99.8 cm³/mol. The number of benzene rings is 2. The Labute approximate surface area is 157 Å². The Kier molecular flexibility index (Phi) is 4.36. The van der Waals surface area contributed by atoms with Crippen molar-refractivity contribution in [1.29, 1.82) is 0 Å². The Hall–Kier alpha value is -3.21. The minimum atomic E-state index is -0.651. The minimum absolute atomic E-state index is 0.241. The zero-order chi connectivity index (χ0) is 19.0. The van der Waals surface area contributed by atoms with Gasteiger partial charge in [-0.1, -0.05) is 54.6 Å². The van der Waals surface area contributed by atoms with Gasteiger partial charge in [-0.3, -0.25) is 9.59 Å². The molecule has 1 saturated heterocycles. The molecule has 1 heterocycles. The summed E-state index contributed by atoms with van der Waals surface area (Å²) >= 11 is 0. The lowest BCUT2D eigenvalue weighted by Gasteiger charge is -2.22. The Bertz CT molecular complexity index is 920. The normalized spacial score (nSPS) is 24.0. The maximum Gasteiger partial charge on any atom is 0.334 e. The molecule has 0 unspecified atom stereocenters. The zero-order valence-corrected chi connectivity index (χ0v) is 14.9. The average molecular weight is 361 g/mol. The van der Waals surface area contributed by atoms with Crippen LogP contribution in [0.1, 0.15) is 18.4 Å². The standard InChI is InChI=1S/C22H19NO4/c1-2-27-22(26)17-13-16-19(18(17)14-9-5-3-6-10-14)21(25)23(20(16)24)15-11-7-4-8-12-15/h3-13,16,18-19H,2H2,1H3/t16-,18-,19-/m0/s1. The molecule has 0 aromatic heterocycles. The van der Waals surface area contributed by atoms with E-state index in [1.807, 2.05) is 36.4 Å². The largest absolute Gasteiger partial charge is 0.463 e. The Morgan fingerprint density at radius 2 is 1.59 bits per heavy atom. The number of para-hydroxylation sites is 1. The molecule has 27 heavy (non-hydrogen) atoms. The number of fused-ring (bicyclic) bond motifs is 1. The summed E-state index contributed by atoms with van der Waals surface area (Å²) < 4.78 is 5.18. The molecule has 4 rings (SSSR count). The summed E-state index contributed by atoms with van der Waals surface area (Å²) in [4.78, 5) is 40.0. The van der Waals surface area contributed by atoms with E-state index in [0.29, 0.717) is 11.3 Å². The van der Waals surface area contributed by atoms with Crippen molar-refractivity contribution in [3.63, 3.8) is 0 Å². The molecule has 2 aliphatic rings. The summed E-state index contributed by atoms with van der Waals surface area (Å²) in [5.74, 6) is -2.80. The Morgan fingerprint density at radius 3 is 2.22 bits per heavy atom. The van der Waals surface area contributed by atoms with Gasteiger partial charge in [-0.2, -0.15) is 0 Å². The smallest absolute Gasteiger partial charge is 0.334 e. The monoisotopic (exact) mass is 361 g/mol. The highest BCUT2D eigenvalue weighted by atomic mass is 16.5. The van der Waals surface area contributed by atoms with Crippen LogP contribution in [0.2, 0.25) is 0 Å². The lowest BCUT2D eigenvalue weighted by atomic mass is 9.82. The number of imide groups is 1. The van der Waals surface area contributed by atoms with E-state index in [9.17, 15) is 14.4 Å². The van der Waals surface area contributed by atoms with Crippen LogP contribution in [0.15, 0.2) is 72.3 Å². The molecule has 5 nitrogen and oxygen atoms in total. The molecule has 0 saturated carbocycles. The van der Waals surface area contributed by atoms with Gasteiger partial charge in [-0.25, -0.2) is 9.69 Å². The van der Waals surface area contributed by atoms with E-state index in [1.165, 1.54) is 4.90 Å². The van der Waals surface area contributed by atoms with Gasteiger partial charge in [0.05, 0.1) is 24.1 Å². The Balaban J connectivity index is 1.78. The van der Waals surface area contributed by atoms with Crippen LogP contribution >= 0.6 is 0 Å². The van der Waals surface area contributed by atoms with Crippen molar-refractivity contribution < 1.29 is 19.1 Å². The van der Waals surface area contributed by atoms with Crippen LogP contribution in [0.25, 0.3) is 0 Å². The number of carbonyl (C=O) groups excluding carboxylic acids is 3. The minimum Gasteiger partial charge on any atom is -0.463 e. The zero-order valence-electron chi connectivity index (χ0n) is 14.9. The second-order valence-electron chi connectivity index (χ2n) is 6.63. The highest BCUT2D eigenvalue weighted by Crippen LogP contribution is 2.49. The highest BCUT2D eigenvalue weighted by Gasteiger charge is 2.56. The van der Waals surface area contributed by atoms with Gasteiger partial charge < -0.3 is 4.74 Å². The third kappa shape index (κ3) is 2.76. The van der Waals surface area contributed by atoms with Gasteiger partial charge in [0.1, 0.15) is 0 Å². The molecule has 2 aromatic rings. The highest BCUT2D eigenvalue weighted by molar-refractivity contribution is 6.24. The SMILES string of the molecule is CCOC(=O)C1=C[C@@H]2C(=O)N(c3ccccc3)C(=O)[C@@H]2[C@H]1c1ccccc1. The van der Waals surface area contributed by atoms with Gasteiger partial charge in [0.15, 0.2) is 0 Å². The van der Waals surface area contributed by atoms with Crippen molar-refractivity contribution in [2.45, 2.75) is 12.8 Å². The van der Waals surface area contributed by atoms with E-state index in [2.05, 4.69) is 0 Å². The van der Waals surface area contributed by atoms with Gasteiger partial charge in [-0.05, 0) is 24.6 Å². The molecule has 0 N–H and O–H groups in total. The van der Waals surface area contributed by atoms with Gasteiger partial charge in [-0.15, -0.1) is 0 Å². The molecule has 5 heteroatoms.